The Morgan fingerprint density at radius 3 is 0.730 bits per heavy atom. The van der Waals surface area contributed by atoms with E-state index in [0.717, 1.165) is 17.1 Å². The summed E-state index contributed by atoms with van der Waals surface area (Å²) < 4.78 is 7.45. The minimum absolute atomic E-state index is 1.09. The van der Waals surface area contributed by atoms with Crippen LogP contribution in [-0.4, -0.2) is 13.7 Å². The highest BCUT2D eigenvalue weighted by atomic mass is 15.0. The highest BCUT2D eigenvalue weighted by molar-refractivity contribution is 6.13. The molecule has 0 radical (unpaired) electrons. The average molecular weight is 802 g/mol. The number of rotatable bonds is 6. The van der Waals surface area contributed by atoms with E-state index < -0.39 is 0 Å². The summed E-state index contributed by atoms with van der Waals surface area (Å²) in [6.45, 7) is 0. The lowest BCUT2D eigenvalue weighted by atomic mass is 10.0. The summed E-state index contributed by atoms with van der Waals surface area (Å²) in [5.74, 6) is 0. The minimum Gasteiger partial charge on any atom is -0.309 e. The number of aromatic nitrogens is 3. The molecular formula is C60H39N3. The zero-order valence-corrected chi connectivity index (χ0v) is 34.4. The quantitative estimate of drug-likeness (QED) is 0.159. The summed E-state index contributed by atoms with van der Waals surface area (Å²) in [6, 6.07) is 86.7. The third-order valence-electron chi connectivity index (χ3n) is 13.0. The van der Waals surface area contributed by atoms with Gasteiger partial charge in [0.25, 0.3) is 0 Å². The fourth-order valence-electron chi connectivity index (χ4n) is 10.1. The summed E-state index contributed by atoms with van der Waals surface area (Å²) in [5, 5.41) is 7.37. The number of hydrogen-bond donors (Lipinski definition) is 0. The predicted octanol–water partition coefficient (Wildman–Crippen LogP) is 16.0. The van der Waals surface area contributed by atoms with Crippen molar-refractivity contribution in [2.45, 2.75) is 0 Å². The Labute approximate surface area is 364 Å². The highest BCUT2D eigenvalue weighted by Crippen LogP contribution is 2.41. The van der Waals surface area contributed by atoms with Crippen LogP contribution >= 0.6 is 0 Å². The molecule has 0 aliphatic carbocycles. The van der Waals surface area contributed by atoms with Gasteiger partial charge in [0.2, 0.25) is 0 Å². The van der Waals surface area contributed by atoms with E-state index in [1.54, 1.807) is 0 Å². The molecule has 3 heterocycles. The molecule has 0 amide bonds. The first kappa shape index (κ1) is 35.4. The number of para-hydroxylation sites is 3. The van der Waals surface area contributed by atoms with Crippen LogP contribution in [0.3, 0.4) is 0 Å². The standard InChI is InChI=1S/C60H39N3/c1-4-16-40(17-5-1)43-28-31-52-49-22-10-13-25-55(49)61(58(52)34-43)46-37-47(62-56-26-14-11-23-50(56)53-32-29-44(35-59(53)62)41-18-6-2-7-19-41)39-48(38-46)63-57-27-15-12-24-51(57)54-33-30-45(36-60(54)63)42-20-8-3-9-21-42/h1-39H. The summed E-state index contributed by atoms with van der Waals surface area (Å²) in [7, 11) is 0. The minimum atomic E-state index is 1.09. The molecule has 13 rings (SSSR count). The Morgan fingerprint density at radius 2 is 0.429 bits per heavy atom. The Hall–Kier alpha value is -8.40. The van der Waals surface area contributed by atoms with Gasteiger partial charge in [-0.05, 0) is 88.0 Å². The average Bonchev–Trinajstić information content (AvgIpc) is 3.99. The molecule has 0 aliphatic heterocycles. The van der Waals surface area contributed by atoms with Crippen molar-refractivity contribution in [3.63, 3.8) is 0 Å². The van der Waals surface area contributed by atoms with E-state index in [1.807, 2.05) is 0 Å². The van der Waals surface area contributed by atoms with Crippen LogP contribution in [0.4, 0.5) is 0 Å². The number of nitrogens with zero attached hydrogens (tertiary/aromatic N) is 3. The van der Waals surface area contributed by atoms with Crippen molar-refractivity contribution in [2.75, 3.05) is 0 Å². The van der Waals surface area contributed by atoms with Crippen LogP contribution in [0.15, 0.2) is 237 Å². The molecule has 0 N–H and O–H groups in total. The summed E-state index contributed by atoms with van der Waals surface area (Å²) >= 11 is 0. The van der Waals surface area contributed by atoms with Crippen molar-refractivity contribution >= 4 is 65.4 Å². The molecule has 0 spiro atoms. The second-order valence-corrected chi connectivity index (χ2v) is 16.6. The van der Waals surface area contributed by atoms with Crippen molar-refractivity contribution < 1.29 is 0 Å². The van der Waals surface area contributed by atoms with Gasteiger partial charge in [-0.1, -0.05) is 182 Å². The van der Waals surface area contributed by atoms with Gasteiger partial charge in [0, 0.05) is 32.3 Å². The van der Waals surface area contributed by atoms with Gasteiger partial charge >= 0.3 is 0 Å². The van der Waals surface area contributed by atoms with Gasteiger partial charge in [-0.25, -0.2) is 0 Å². The van der Waals surface area contributed by atoms with Crippen molar-refractivity contribution in [2.24, 2.45) is 0 Å². The first-order valence-electron chi connectivity index (χ1n) is 21.7. The Bertz CT molecular complexity index is 3470. The topological polar surface area (TPSA) is 14.8 Å². The molecule has 0 saturated carbocycles. The van der Waals surface area contributed by atoms with Crippen LogP contribution in [0.5, 0.6) is 0 Å². The first-order valence-corrected chi connectivity index (χ1v) is 21.7. The molecular weight excluding hydrogens is 763 g/mol. The first-order chi connectivity index (χ1) is 31.2. The van der Waals surface area contributed by atoms with Gasteiger partial charge in [-0.2, -0.15) is 0 Å². The fraction of sp³-hybridized carbons (Fsp3) is 0. The molecule has 3 aromatic heterocycles. The zero-order valence-electron chi connectivity index (χ0n) is 34.4. The van der Waals surface area contributed by atoms with Gasteiger partial charge in [-0.15, -0.1) is 0 Å². The molecule has 294 valence electrons. The predicted molar refractivity (Wildman–Crippen MR) is 266 cm³/mol. The van der Waals surface area contributed by atoms with E-state index >= 15 is 0 Å². The molecule has 0 fully saturated rings. The van der Waals surface area contributed by atoms with E-state index in [4.69, 9.17) is 0 Å². The van der Waals surface area contributed by atoms with Gasteiger partial charge in [-0.3, -0.25) is 0 Å². The SMILES string of the molecule is c1ccc(-c2ccc3c4ccccc4n(-c4cc(-n5c6ccccc6c6ccc(-c7ccccc7)cc65)cc(-n5c6ccccc6c6ccc(-c7ccccc7)cc65)c4)c3c2)cc1. The molecule has 0 aliphatic rings. The van der Waals surface area contributed by atoms with Gasteiger partial charge in [0.05, 0.1) is 50.2 Å². The molecule has 0 atom stereocenters. The molecule has 0 saturated heterocycles. The lowest BCUT2D eigenvalue weighted by Gasteiger charge is -2.18. The van der Waals surface area contributed by atoms with Crippen LogP contribution in [0.1, 0.15) is 0 Å². The van der Waals surface area contributed by atoms with Crippen molar-refractivity contribution in [1.82, 2.24) is 13.7 Å². The lowest BCUT2D eigenvalue weighted by Crippen LogP contribution is -2.03. The summed E-state index contributed by atoms with van der Waals surface area (Å²) in [4.78, 5) is 0. The van der Waals surface area contributed by atoms with Crippen molar-refractivity contribution in [3.05, 3.63) is 237 Å². The molecule has 0 bridgehead atoms. The van der Waals surface area contributed by atoms with Crippen LogP contribution in [0.2, 0.25) is 0 Å². The maximum Gasteiger partial charge on any atom is 0.0547 e. The Morgan fingerprint density at radius 1 is 0.175 bits per heavy atom. The monoisotopic (exact) mass is 801 g/mol. The molecule has 10 aromatic carbocycles. The Balaban J connectivity index is 1.16. The third-order valence-corrected chi connectivity index (χ3v) is 13.0. The van der Waals surface area contributed by atoms with E-state index in [0.29, 0.717) is 0 Å². The van der Waals surface area contributed by atoms with Crippen LogP contribution < -0.4 is 0 Å². The van der Waals surface area contributed by atoms with Crippen molar-refractivity contribution in [1.29, 1.82) is 0 Å². The van der Waals surface area contributed by atoms with E-state index in [1.165, 1.54) is 98.8 Å². The molecule has 3 heteroatoms. The number of fused-ring (bicyclic) bond motifs is 9. The van der Waals surface area contributed by atoms with Gasteiger partial charge in [0.1, 0.15) is 0 Å². The molecule has 13 aromatic rings. The summed E-state index contributed by atoms with van der Waals surface area (Å²) in [5.41, 5.74) is 17.5. The van der Waals surface area contributed by atoms with Gasteiger partial charge in [0.15, 0.2) is 0 Å². The van der Waals surface area contributed by atoms with Crippen LogP contribution in [0.25, 0.3) is 116 Å². The zero-order chi connectivity index (χ0) is 41.4. The number of benzene rings is 10. The molecule has 0 unspecified atom stereocenters. The maximum atomic E-state index is 2.48. The summed E-state index contributed by atoms with van der Waals surface area (Å²) in [6.07, 6.45) is 0. The van der Waals surface area contributed by atoms with Crippen LogP contribution in [-0.2, 0) is 0 Å². The largest absolute Gasteiger partial charge is 0.309 e. The van der Waals surface area contributed by atoms with E-state index in [9.17, 15) is 0 Å². The fourth-order valence-corrected chi connectivity index (χ4v) is 10.1. The Kier molecular flexibility index (Phi) is 7.91. The molecule has 63 heavy (non-hydrogen) atoms. The second kappa shape index (κ2) is 14.1. The lowest BCUT2D eigenvalue weighted by molar-refractivity contribution is 1.10. The third kappa shape index (κ3) is 5.60. The number of hydrogen-bond acceptors (Lipinski definition) is 0. The molecule has 3 nitrogen and oxygen atoms in total. The second-order valence-electron chi connectivity index (χ2n) is 16.6. The van der Waals surface area contributed by atoms with E-state index in [2.05, 4.69) is 250 Å². The van der Waals surface area contributed by atoms with Crippen LogP contribution in [0, 0.1) is 0 Å². The normalized spacial score (nSPS) is 11.8. The maximum absolute atomic E-state index is 2.48. The smallest absolute Gasteiger partial charge is 0.0547 e. The van der Waals surface area contributed by atoms with Crippen molar-refractivity contribution in [3.8, 4) is 50.4 Å². The van der Waals surface area contributed by atoms with E-state index in [-0.39, 0.29) is 0 Å². The van der Waals surface area contributed by atoms with Gasteiger partial charge < -0.3 is 13.7 Å². The highest BCUT2D eigenvalue weighted by Gasteiger charge is 2.21.